The van der Waals surface area contributed by atoms with E-state index >= 15 is 0 Å². The van der Waals surface area contributed by atoms with E-state index in [9.17, 15) is 0 Å². The summed E-state index contributed by atoms with van der Waals surface area (Å²) in [4.78, 5) is 0. The third-order valence-electron chi connectivity index (χ3n) is 8.45. The van der Waals surface area contributed by atoms with Crippen LogP contribution in [0, 0.1) is 0 Å². The van der Waals surface area contributed by atoms with E-state index in [0.717, 1.165) is 26.4 Å². The summed E-state index contributed by atoms with van der Waals surface area (Å²) in [7, 11) is 0. The molecule has 0 saturated carbocycles. The normalized spacial score (nSPS) is 11.3. The van der Waals surface area contributed by atoms with Gasteiger partial charge in [-0.3, -0.25) is 0 Å². The maximum atomic E-state index is 8.17. The monoisotopic (exact) mass is 647 g/mol. The van der Waals surface area contributed by atoms with Gasteiger partial charge in [0.15, 0.2) is 0 Å². The van der Waals surface area contributed by atoms with Crippen molar-refractivity contribution in [1.82, 2.24) is 0 Å². The molecule has 6 heteroatoms. The summed E-state index contributed by atoms with van der Waals surface area (Å²) in [6.45, 7) is 8.46. The van der Waals surface area contributed by atoms with Crippen LogP contribution >= 0.6 is 0 Å². The van der Waals surface area contributed by atoms with Gasteiger partial charge in [-0.05, 0) is 12.8 Å². The lowest BCUT2D eigenvalue weighted by atomic mass is 10.0. The lowest BCUT2D eigenvalue weighted by Gasteiger charge is -2.07. The van der Waals surface area contributed by atoms with Crippen LogP contribution in [0.5, 0.6) is 0 Å². The average Bonchev–Trinajstić information content (AvgIpc) is 3.06. The van der Waals surface area contributed by atoms with Crippen molar-refractivity contribution in [2.75, 3.05) is 52.9 Å². The molecule has 0 rings (SSSR count). The van der Waals surface area contributed by atoms with Crippen molar-refractivity contribution in [1.29, 1.82) is 0 Å². The van der Waals surface area contributed by atoms with Gasteiger partial charge in [0.25, 0.3) is 0 Å². The molecule has 0 aliphatic carbocycles. The number of hydrogen-bond acceptors (Lipinski definition) is 6. The summed E-state index contributed by atoms with van der Waals surface area (Å²) in [6.07, 6.45) is 38.3. The van der Waals surface area contributed by atoms with Crippen molar-refractivity contribution in [3.8, 4) is 0 Å². The van der Waals surface area contributed by atoms with Crippen LogP contribution in [0.25, 0.3) is 0 Å². The van der Waals surface area contributed by atoms with E-state index in [-0.39, 0.29) is 13.2 Å². The van der Waals surface area contributed by atoms with E-state index in [1.165, 1.54) is 180 Å². The summed E-state index contributed by atoms with van der Waals surface area (Å²) < 4.78 is 17.1. The number of rotatable bonds is 38. The van der Waals surface area contributed by atoms with Crippen LogP contribution in [0.15, 0.2) is 0 Å². The maximum Gasteiger partial charge on any atom is 0.100 e. The SMILES string of the molecule is CCCCCCCCCCCCCCCCOCCOCCOCCCCCCCCCCCCCCCC.OCC(O)CO. The molecular formula is C39H82O6. The molecule has 0 radical (unpaired) electrons. The molecule has 0 atom stereocenters. The predicted octanol–water partition coefficient (Wildman–Crippen LogP) is 10.3. The highest BCUT2D eigenvalue weighted by molar-refractivity contribution is 4.51. The smallest absolute Gasteiger partial charge is 0.100 e. The molecule has 274 valence electrons. The average molecular weight is 647 g/mol. The van der Waals surface area contributed by atoms with Gasteiger partial charge in [0, 0.05) is 13.2 Å². The molecule has 0 aromatic carbocycles. The molecule has 0 fully saturated rings. The molecule has 0 saturated heterocycles. The summed E-state index contributed by atoms with van der Waals surface area (Å²) in [5.41, 5.74) is 0. The molecule has 45 heavy (non-hydrogen) atoms. The Hall–Kier alpha value is -0.240. The van der Waals surface area contributed by atoms with Crippen LogP contribution in [0.4, 0.5) is 0 Å². The first-order valence-corrected chi connectivity index (χ1v) is 19.9. The summed E-state index contributed by atoms with van der Waals surface area (Å²) >= 11 is 0. The van der Waals surface area contributed by atoms with Crippen LogP contribution in [0.2, 0.25) is 0 Å². The van der Waals surface area contributed by atoms with E-state index in [1.807, 2.05) is 0 Å². The quantitative estimate of drug-likeness (QED) is 0.0579. The number of aliphatic hydroxyl groups excluding tert-OH is 3. The maximum absolute atomic E-state index is 8.17. The molecule has 0 aromatic rings. The second-order valence-electron chi connectivity index (χ2n) is 13.0. The molecule has 0 heterocycles. The largest absolute Gasteiger partial charge is 0.394 e. The van der Waals surface area contributed by atoms with E-state index in [4.69, 9.17) is 29.5 Å². The van der Waals surface area contributed by atoms with Gasteiger partial charge >= 0.3 is 0 Å². The minimum atomic E-state index is -0.954. The fraction of sp³-hybridized carbons (Fsp3) is 1.00. The third-order valence-corrected chi connectivity index (χ3v) is 8.45. The third kappa shape index (κ3) is 48.3. The predicted molar refractivity (Wildman–Crippen MR) is 193 cm³/mol. The molecule has 0 aliphatic heterocycles. The molecular weight excluding hydrogens is 564 g/mol. The van der Waals surface area contributed by atoms with Gasteiger partial charge in [-0.15, -0.1) is 0 Å². The fourth-order valence-corrected chi connectivity index (χ4v) is 5.40. The Morgan fingerprint density at radius 1 is 0.311 bits per heavy atom. The van der Waals surface area contributed by atoms with Crippen LogP contribution in [0.1, 0.15) is 194 Å². The zero-order chi connectivity index (χ0) is 33.2. The molecule has 6 nitrogen and oxygen atoms in total. The lowest BCUT2D eigenvalue weighted by Crippen LogP contribution is -2.15. The van der Waals surface area contributed by atoms with Gasteiger partial charge in [-0.25, -0.2) is 0 Å². The topological polar surface area (TPSA) is 88.4 Å². The Bertz CT molecular complexity index is 438. The van der Waals surface area contributed by atoms with Crippen LogP contribution < -0.4 is 0 Å². The summed E-state index contributed by atoms with van der Waals surface area (Å²) in [5.74, 6) is 0. The van der Waals surface area contributed by atoms with Gasteiger partial charge in [0.05, 0.1) is 39.6 Å². The minimum Gasteiger partial charge on any atom is -0.394 e. The Balaban J connectivity index is 0. The number of hydrogen-bond donors (Lipinski definition) is 3. The van der Waals surface area contributed by atoms with Crippen molar-refractivity contribution in [3.63, 3.8) is 0 Å². The van der Waals surface area contributed by atoms with Crippen LogP contribution in [0.3, 0.4) is 0 Å². The Morgan fingerprint density at radius 3 is 0.711 bits per heavy atom. The fourth-order valence-electron chi connectivity index (χ4n) is 5.40. The van der Waals surface area contributed by atoms with Gasteiger partial charge in [-0.2, -0.15) is 0 Å². The Labute approximate surface area is 281 Å². The van der Waals surface area contributed by atoms with E-state index in [2.05, 4.69) is 13.8 Å². The zero-order valence-corrected chi connectivity index (χ0v) is 30.6. The molecule has 0 bridgehead atoms. The van der Waals surface area contributed by atoms with Gasteiger partial charge < -0.3 is 29.5 Å². The highest BCUT2D eigenvalue weighted by atomic mass is 16.5. The van der Waals surface area contributed by atoms with Crippen molar-refractivity contribution in [2.24, 2.45) is 0 Å². The molecule has 0 aliphatic rings. The zero-order valence-electron chi connectivity index (χ0n) is 30.6. The Kier molecular flexibility index (Phi) is 47.8. The molecule has 0 unspecified atom stereocenters. The molecule has 0 spiro atoms. The molecule has 0 amide bonds. The van der Waals surface area contributed by atoms with Gasteiger partial charge in [0.2, 0.25) is 0 Å². The van der Waals surface area contributed by atoms with Crippen LogP contribution in [-0.2, 0) is 14.2 Å². The second-order valence-corrected chi connectivity index (χ2v) is 13.0. The second kappa shape index (κ2) is 45.9. The van der Waals surface area contributed by atoms with E-state index < -0.39 is 6.10 Å². The standard InChI is InChI=1S/C36H74O3.C3H8O3/c1-3-5-7-9-11-13-15-17-19-21-23-25-27-29-31-37-33-35-39-36-34-38-32-30-28-26-24-22-20-18-16-14-12-10-8-6-4-2;4-1-3(6)2-5/h3-36H2,1-2H3;3-6H,1-2H2. The van der Waals surface area contributed by atoms with Crippen LogP contribution in [-0.4, -0.2) is 74.3 Å². The Morgan fingerprint density at radius 2 is 0.511 bits per heavy atom. The van der Waals surface area contributed by atoms with Crippen molar-refractivity contribution >= 4 is 0 Å². The highest BCUT2D eigenvalue weighted by Crippen LogP contribution is 2.14. The minimum absolute atomic E-state index is 0.365. The van der Waals surface area contributed by atoms with Crippen molar-refractivity contribution < 1.29 is 29.5 Å². The first-order valence-electron chi connectivity index (χ1n) is 19.9. The number of unbranched alkanes of at least 4 members (excludes halogenated alkanes) is 26. The summed E-state index contributed by atoms with van der Waals surface area (Å²) in [6, 6.07) is 0. The summed E-state index contributed by atoms with van der Waals surface area (Å²) in [5, 5.41) is 24.0. The number of aliphatic hydroxyl groups is 3. The molecule has 3 N–H and O–H groups in total. The van der Waals surface area contributed by atoms with Crippen molar-refractivity contribution in [3.05, 3.63) is 0 Å². The van der Waals surface area contributed by atoms with E-state index in [1.54, 1.807) is 0 Å². The first-order chi connectivity index (χ1) is 22.2. The highest BCUT2D eigenvalue weighted by Gasteiger charge is 1.97. The van der Waals surface area contributed by atoms with Gasteiger partial charge in [-0.1, -0.05) is 181 Å². The lowest BCUT2D eigenvalue weighted by molar-refractivity contribution is 0.0132. The molecule has 0 aromatic heterocycles. The van der Waals surface area contributed by atoms with Crippen molar-refractivity contribution in [2.45, 2.75) is 200 Å². The number of ether oxygens (including phenoxy) is 3. The van der Waals surface area contributed by atoms with E-state index in [0.29, 0.717) is 13.2 Å². The first kappa shape index (κ1) is 46.9. The van der Waals surface area contributed by atoms with Gasteiger partial charge in [0.1, 0.15) is 6.10 Å².